The van der Waals surface area contributed by atoms with Gasteiger partial charge in [-0.15, -0.1) is 0 Å². The number of methoxy groups -OCH3 is 1. The minimum absolute atomic E-state index is 0.682. The molecule has 0 aliphatic heterocycles. The largest absolute Gasteiger partial charge is 0.495 e. The number of ether oxygens (including phenoxy) is 1. The average Bonchev–Trinajstić information content (AvgIpc) is 2.67. The van der Waals surface area contributed by atoms with E-state index in [1.165, 1.54) is 0 Å². The topological polar surface area (TPSA) is 47.3 Å². The second-order valence-electron chi connectivity index (χ2n) is 3.86. The molecule has 1 N–H and O–H groups in total. The Morgan fingerprint density at radius 2 is 2.06 bits per heavy atom. The van der Waals surface area contributed by atoms with Gasteiger partial charge in [-0.3, -0.25) is 0 Å². The molecule has 0 atom stereocenters. The molecule has 0 aliphatic carbocycles. The fourth-order valence-electron chi connectivity index (χ4n) is 1.73. The van der Waals surface area contributed by atoms with Gasteiger partial charge in [-0.25, -0.2) is 0 Å². The summed E-state index contributed by atoms with van der Waals surface area (Å²) in [6.07, 6.45) is 0. The molecule has 90 valence electrons. The van der Waals surface area contributed by atoms with E-state index in [-0.39, 0.29) is 0 Å². The molecular formula is C13H16N2O2. The van der Waals surface area contributed by atoms with Crippen LogP contribution in [0.4, 0.5) is 5.69 Å². The van der Waals surface area contributed by atoms with Crippen molar-refractivity contribution in [1.29, 1.82) is 0 Å². The van der Waals surface area contributed by atoms with Crippen LogP contribution in [-0.4, -0.2) is 12.3 Å². The van der Waals surface area contributed by atoms with Crippen LogP contribution >= 0.6 is 0 Å². The molecule has 4 heteroatoms. The lowest BCUT2D eigenvalue weighted by atomic mass is 10.2. The van der Waals surface area contributed by atoms with E-state index in [1.54, 1.807) is 7.11 Å². The average molecular weight is 232 g/mol. The number of hydrogen-bond donors (Lipinski definition) is 1. The number of nitrogens with one attached hydrogen (secondary N) is 1. The summed E-state index contributed by atoms with van der Waals surface area (Å²) >= 11 is 0. The van der Waals surface area contributed by atoms with Crippen molar-refractivity contribution in [2.45, 2.75) is 20.4 Å². The summed E-state index contributed by atoms with van der Waals surface area (Å²) in [4.78, 5) is 0. The molecule has 4 nitrogen and oxygen atoms in total. The van der Waals surface area contributed by atoms with Crippen molar-refractivity contribution in [2.75, 3.05) is 12.4 Å². The van der Waals surface area contributed by atoms with Gasteiger partial charge < -0.3 is 14.6 Å². The normalized spacial score (nSPS) is 10.3. The first-order valence-electron chi connectivity index (χ1n) is 5.51. The zero-order chi connectivity index (χ0) is 12.3. The lowest BCUT2D eigenvalue weighted by molar-refractivity contribution is 0.392. The van der Waals surface area contributed by atoms with E-state index >= 15 is 0 Å². The van der Waals surface area contributed by atoms with Crippen LogP contribution < -0.4 is 10.1 Å². The van der Waals surface area contributed by atoms with Gasteiger partial charge in [0.25, 0.3) is 0 Å². The summed E-state index contributed by atoms with van der Waals surface area (Å²) in [6.45, 7) is 4.54. The number of aromatic nitrogens is 1. The van der Waals surface area contributed by atoms with Crippen LogP contribution in [0.5, 0.6) is 5.75 Å². The van der Waals surface area contributed by atoms with E-state index in [9.17, 15) is 0 Å². The molecule has 2 rings (SSSR count). The van der Waals surface area contributed by atoms with Crippen LogP contribution in [0, 0.1) is 13.8 Å². The Bertz CT molecular complexity index is 486. The Labute approximate surface area is 101 Å². The van der Waals surface area contributed by atoms with E-state index < -0.39 is 0 Å². The molecule has 1 heterocycles. The Morgan fingerprint density at radius 1 is 1.29 bits per heavy atom. The molecule has 17 heavy (non-hydrogen) atoms. The number of nitrogens with zero attached hydrogens (tertiary/aromatic N) is 1. The minimum atomic E-state index is 0.682. The summed E-state index contributed by atoms with van der Waals surface area (Å²) < 4.78 is 10.4. The standard InChI is InChI=1S/C13H16N2O2/c1-9-11(10(2)17-15-9)8-14-12-6-4-5-7-13(12)16-3/h4-7,14H,8H2,1-3H3. The van der Waals surface area contributed by atoms with Gasteiger partial charge in [0.1, 0.15) is 11.5 Å². The number of anilines is 1. The summed E-state index contributed by atoms with van der Waals surface area (Å²) in [7, 11) is 1.66. The van der Waals surface area contributed by atoms with Crippen LogP contribution in [0.1, 0.15) is 17.0 Å². The predicted octanol–water partition coefficient (Wildman–Crippen LogP) is 2.91. The van der Waals surface area contributed by atoms with Crippen LogP contribution in [0.25, 0.3) is 0 Å². The Balaban J connectivity index is 2.12. The number of aryl methyl sites for hydroxylation is 2. The zero-order valence-corrected chi connectivity index (χ0v) is 10.3. The zero-order valence-electron chi connectivity index (χ0n) is 10.3. The summed E-state index contributed by atoms with van der Waals surface area (Å²) in [5.74, 6) is 1.68. The Kier molecular flexibility index (Phi) is 3.32. The molecule has 0 saturated carbocycles. The van der Waals surface area contributed by atoms with Crippen LogP contribution in [0.15, 0.2) is 28.8 Å². The highest BCUT2D eigenvalue weighted by Crippen LogP contribution is 2.24. The maximum absolute atomic E-state index is 5.27. The second-order valence-corrected chi connectivity index (χ2v) is 3.86. The minimum Gasteiger partial charge on any atom is -0.495 e. The molecule has 2 aromatic rings. The van der Waals surface area contributed by atoms with Crippen molar-refractivity contribution in [3.63, 3.8) is 0 Å². The van der Waals surface area contributed by atoms with Gasteiger partial charge >= 0.3 is 0 Å². The SMILES string of the molecule is COc1ccccc1NCc1c(C)noc1C. The maximum Gasteiger partial charge on any atom is 0.141 e. The third-order valence-corrected chi connectivity index (χ3v) is 2.74. The molecule has 0 aliphatic rings. The molecule has 0 radical (unpaired) electrons. The van der Waals surface area contributed by atoms with Crippen LogP contribution in [0.2, 0.25) is 0 Å². The van der Waals surface area contributed by atoms with Crippen molar-refractivity contribution >= 4 is 5.69 Å². The molecule has 0 amide bonds. The van der Waals surface area contributed by atoms with Crippen molar-refractivity contribution in [3.8, 4) is 5.75 Å². The number of rotatable bonds is 4. The van der Waals surface area contributed by atoms with Crippen molar-refractivity contribution < 1.29 is 9.26 Å². The Morgan fingerprint density at radius 3 is 2.71 bits per heavy atom. The Hall–Kier alpha value is -1.97. The predicted molar refractivity (Wildman–Crippen MR) is 66.3 cm³/mol. The lowest BCUT2D eigenvalue weighted by Gasteiger charge is -2.10. The monoisotopic (exact) mass is 232 g/mol. The van der Waals surface area contributed by atoms with Crippen molar-refractivity contribution in [2.24, 2.45) is 0 Å². The summed E-state index contributed by atoms with van der Waals surface area (Å²) in [6, 6.07) is 7.82. The van der Waals surface area contributed by atoms with E-state index in [1.807, 2.05) is 38.1 Å². The third kappa shape index (κ3) is 2.41. The van der Waals surface area contributed by atoms with Crippen molar-refractivity contribution in [1.82, 2.24) is 5.16 Å². The molecule has 1 aromatic heterocycles. The summed E-state index contributed by atoms with van der Waals surface area (Å²) in [5, 5.41) is 7.25. The first-order chi connectivity index (χ1) is 8.22. The van der Waals surface area contributed by atoms with Crippen LogP contribution in [0.3, 0.4) is 0 Å². The number of hydrogen-bond acceptors (Lipinski definition) is 4. The molecule has 0 bridgehead atoms. The third-order valence-electron chi connectivity index (χ3n) is 2.74. The smallest absolute Gasteiger partial charge is 0.141 e. The molecule has 0 unspecified atom stereocenters. The molecular weight excluding hydrogens is 216 g/mol. The van der Waals surface area contributed by atoms with Gasteiger partial charge in [-0.1, -0.05) is 17.3 Å². The van der Waals surface area contributed by atoms with Crippen LogP contribution in [-0.2, 0) is 6.54 Å². The fraction of sp³-hybridized carbons (Fsp3) is 0.308. The van der Waals surface area contributed by atoms with Gasteiger partial charge in [0, 0.05) is 12.1 Å². The number of benzene rings is 1. The van der Waals surface area contributed by atoms with Gasteiger partial charge in [-0.2, -0.15) is 0 Å². The highest BCUT2D eigenvalue weighted by Gasteiger charge is 2.09. The van der Waals surface area contributed by atoms with Crippen molar-refractivity contribution in [3.05, 3.63) is 41.3 Å². The van der Waals surface area contributed by atoms with E-state index in [2.05, 4.69) is 10.5 Å². The molecule has 0 spiro atoms. The van der Waals surface area contributed by atoms with Gasteiger partial charge in [-0.05, 0) is 26.0 Å². The summed E-state index contributed by atoms with van der Waals surface area (Å²) in [5.41, 5.74) is 2.98. The first-order valence-corrected chi connectivity index (χ1v) is 5.51. The van der Waals surface area contributed by atoms with Gasteiger partial charge in [0.2, 0.25) is 0 Å². The first kappa shape index (κ1) is 11.5. The number of para-hydroxylation sites is 2. The maximum atomic E-state index is 5.27. The van der Waals surface area contributed by atoms with E-state index in [0.717, 1.165) is 28.5 Å². The fourth-order valence-corrected chi connectivity index (χ4v) is 1.73. The second kappa shape index (κ2) is 4.91. The van der Waals surface area contributed by atoms with E-state index in [4.69, 9.17) is 9.26 Å². The molecule has 0 fully saturated rings. The lowest BCUT2D eigenvalue weighted by Crippen LogP contribution is -2.02. The highest BCUT2D eigenvalue weighted by atomic mass is 16.5. The molecule has 0 saturated heterocycles. The molecule has 1 aromatic carbocycles. The highest BCUT2D eigenvalue weighted by molar-refractivity contribution is 5.56. The van der Waals surface area contributed by atoms with Gasteiger partial charge in [0.05, 0.1) is 18.5 Å². The van der Waals surface area contributed by atoms with E-state index in [0.29, 0.717) is 6.54 Å². The van der Waals surface area contributed by atoms with Gasteiger partial charge in [0.15, 0.2) is 0 Å². The quantitative estimate of drug-likeness (QED) is 0.880.